The second kappa shape index (κ2) is 9.80. The van der Waals surface area contributed by atoms with Crippen LogP contribution >= 0.6 is 47.0 Å². The average Bonchev–Trinajstić information content (AvgIpc) is 3.20. The molecule has 29 heavy (non-hydrogen) atoms. The van der Waals surface area contributed by atoms with Crippen molar-refractivity contribution in [3.05, 3.63) is 62.6 Å². The Morgan fingerprint density at radius 1 is 1.17 bits per heavy atom. The first kappa shape index (κ1) is 21.9. The van der Waals surface area contributed by atoms with Gasteiger partial charge in [0.05, 0.1) is 44.9 Å². The predicted molar refractivity (Wildman–Crippen MR) is 123 cm³/mol. The van der Waals surface area contributed by atoms with Crippen molar-refractivity contribution in [1.82, 2.24) is 24.9 Å². The average molecular weight is 472 g/mol. The Balaban J connectivity index is 1.54. The van der Waals surface area contributed by atoms with Gasteiger partial charge in [0.1, 0.15) is 0 Å². The normalized spacial score (nSPS) is 10.9. The van der Waals surface area contributed by atoms with Gasteiger partial charge in [-0.2, -0.15) is 10.2 Å². The maximum atomic E-state index is 6.11. The van der Waals surface area contributed by atoms with Crippen molar-refractivity contribution in [3.63, 3.8) is 0 Å². The number of benzene rings is 1. The Bertz CT molecular complexity index is 1010. The fourth-order valence-corrected chi connectivity index (χ4v) is 3.59. The first-order valence-electron chi connectivity index (χ1n) is 9.04. The Hall–Kier alpha value is -1.80. The molecule has 0 aliphatic heterocycles. The standard InChI is InChI=1S/C19H21Cl3N6S/c1-12-18(25-19(29)23-6-3-7-27-11-15(20)9-24-27)13(2)28(26-12)10-14-4-5-16(21)17(22)8-14/h4-5,8-9,11H,3,6-7,10H2,1-2H3,(H2,23,25,29). The van der Waals surface area contributed by atoms with Crippen LogP contribution in [0.3, 0.4) is 0 Å². The molecule has 0 radical (unpaired) electrons. The van der Waals surface area contributed by atoms with E-state index in [-0.39, 0.29) is 0 Å². The van der Waals surface area contributed by atoms with Crippen molar-refractivity contribution in [1.29, 1.82) is 0 Å². The van der Waals surface area contributed by atoms with E-state index < -0.39 is 0 Å². The first-order chi connectivity index (χ1) is 13.8. The maximum Gasteiger partial charge on any atom is 0.170 e. The first-order valence-corrected chi connectivity index (χ1v) is 10.6. The highest BCUT2D eigenvalue weighted by atomic mass is 35.5. The van der Waals surface area contributed by atoms with Crippen LogP contribution in [-0.4, -0.2) is 31.2 Å². The van der Waals surface area contributed by atoms with Crippen LogP contribution in [0.15, 0.2) is 30.6 Å². The van der Waals surface area contributed by atoms with E-state index in [1.165, 1.54) is 0 Å². The zero-order valence-corrected chi connectivity index (χ0v) is 19.1. The van der Waals surface area contributed by atoms with Gasteiger partial charge in [-0.3, -0.25) is 9.36 Å². The molecule has 3 rings (SSSR count). The van der Waals surface area contributed by atoms with Crippen LogP contribution in [-0.2, 0) is 13.1 Å². The molecule has 2 heterocycles. The van der Waals surface area contributed by atoms with E-state index in [4.69, 9.17) is 47.0 Å². The molecule has 0 spiro atoms. The van der Waals surface area contributed by atoms with Crippen LogP contribution in [0.25, 0.3) is 0 Å². The molecule has 2 aromatic heterocycles. The largest absolute Gasteiger partial charge is 0.362 e. The highest BCUT2D eigenvalue weighted by molar-refractivity contribution is 7.80. The van der Waals surface area contributed by atoms with Gasteiger partial charge in [-0.25, -0.2) is 0 Å². The van der Waals surface area contributed by atoms with Crippen molar-refractivity contribution >= 4 is 57.8 Å². The monoisotopic (exact) mass is 470 g/mol. The van der Waals surface area contributed by atoms with Crippen molar-refractivity contribution in [2.45, 2.75) is 33.4 Å². The Labute approximate surface area is 190 Å². The van der Waals surface area contributed by atoms with Gasteiger partial charge in [0.25, 0.3) is 0 Å². The van der Waals surface area contributed by atoms with Gasteiger partial charge >= 0.3 is 0 Å². The Kier molecular flexibility index (Phi) is 7.40. The molecule has 0 unspecified atom stereocenters. The fraction of sp³-hybridized carbons (Fsp3) is 0.316. The topological polar surface area (TPSA) is 59.7 Å². The lowest BCUT2D eigenvalue weighted by Crippen LogP contribution is -2.30. The van der Waals surface area contributed by atoms with Crippen LogP contribution in [0.1, 0.15) is 23.4 Å². The Morgan fingerprint density at radius 2 is 1.97 bits per heavy atom. The molecule has 1 aromatic carbocycles. The zero-order valence-electron chi connectivity index (χ0n) is 16.0. The molecule has 0 fully saturated rings. The number of aromatic nitrogens is 4. The number of hydrogen-bond acceptors (Lipinski definition) is 3. The number of thiocarbonyl (C=S) groups is 1. The molecule has 2 N–H and O–H groups in total. The third-order valence-electron chi connectivity index (χ3n) is 4.39. The van der Waals surface area contributed by atoms with Crippen LogP contribution in [0.2, 0.25) is 15.1 Å². The van der Waals surface area contributed by atoms with E-state index in [9.17, 15) is 0 Å². The SMILES string of the molecule is Cc1nn(Cc2ccc(Cl)c(Cl)c2)c(C)c1NC(=S)NCCCn1cc(Cl)cn1. The smallest absolute Gasteiger partial charge is 0.170 e. The van der Waals surface area contributed by atoms with Crippen LogP contribution in [0.4, 0.5) is 5.69 Å². The Morgan fingerprint density at radius 3 is 2.66 bits per heavy atom. The van der Waals surface area contributed by atoms with E-state index in [1.807, 2.05) is 35.3 Å². The summed E-state index contributed by atoms with van der Waals surface area (Å²) < 4.78 is 3.73. The maximum absolute atomic E-state index is 6.11. The molecule has 154 valence electrons. The van der Waals surface area contributed by atoms with Crippen molar-refractivity contribution < 1.29 is 0 Å². The van der Waals surface area contributed by atoms with E-state index >= 15 is 0 Å². The van der Waals surface area contributed by atoms with Gasteiger partial charge < -0.3 is 10.6 Å². The fourth-order valence-electron chi connectivity index (χ4n) is 2.90. The molecule has 0 aliphatic rings. The summed E-state index contributed by atoms with van der Waals surface area (Å²) in [5, 5.41) is 17.5. The van der Waals surface area contributed by atoms with Crippen LogP contribution in [0.5, 0.6) is 0 Å². The molecule has 0 aliphatic carbocycles. The number of halogens is 3. The molecule has 0 saturated heterocycles. The summed E-state index contributed by atoms with van der Waals surface area (Å²) in [6.45, 7) is 6.04. The molecule has 0 bridgehead atoms. The molecule has 10 heteroatoms. The highest BCUT2D eigenvalue weighted by Crippen LogP contribution is 2.25. The molecule has 3 aromatic rings. The van der Waals surface area contributed by atoms with Gasteiger partial charge in [0, 0.05) is 19.3 Å². The lowest BCUT2D eigenvalue weighted by atomic mass is 10.2. The van der Waals surface area contributed by atoms with Gasteiger partial charge in [0.15, 0.2) is 5.11 Å². The predicted octanol–water partition coefficient (Wildman–Crippen LogP) is 5.08. The molecule has 0 saturated carbocycles. The van der Waals surface area contributed by atoms with E-state index in [1.54, 1.807) is 18.5 Å². The molecule has 0 amide bonds. The summed E-state index contributed by atoms with van der Waals surface area (Å²) in [7, 11) is 0. The summed E-state index contributed by atoms with van der Waals surface area (Å²) in [4.78, 5) is 0. The molecular weight excluding hydrogens is 451 g/mol. The van der Waals surface area contributed by atoms with Crippen LogP contribution < -0.4 is 10.6 Å². The van der Waals surface area contributed by atoms with Crippen LogP contribution in [0, 0.1) is 13.8 Å². The minimum absolute atomic E-state index is 0.534. The minimum Gasteiger partial charge on any atom is -0.362 e. The summed E-state index contributed by atoms with van der Waals surface area (Å²) in [6, 6.07) is 5.59. The lowest BCUT2D eigenvalue weighted by Gasteiger charge is -2.11. The quantitative estimate of drug-likeness (QED) is 0.372. The molecular formula is C19H21Cl3N6S. The number of anilines is 1. The van der Waals surface area contributed by atoms with Gasteiger partial charge in [-0.05, 0) is 50.2 Å². The second-order valence-corrected chi connectivity index (χ2v) is 8.27. The van der Waals surface area contributed by atoms with E-state index in [0.717, 1.165) is 42.1 Å². The lowest BCUT2D eigenvalue weighted by molar-refractivity contribution is 0.574. The van der Waals surface area contributed by atoms with Gasteiger partial charge in [0.2, 0.25) is 0 Å². The molecule has 6 nitrogen and oxygen atoms in total. The number of nitrogens with zero attached hydrogens (tertiary/aromatic N) is 4. The number of rotatable bonds is 7. The van der Waals surface area contributed by atoms with Crippen molar-refractivity contribution in [2.24, 2.45) is 0 Å². The van der Waals surface area contributed by atoms with Crippen molar-refractivity contribution in [3.8, 4) is 0 Å². The number of aryl methyl sites for hydroxylation is 2. The third kappa shape index (κ3) is 5.85. The minimum atomic E-state index is 0.534. The van der Waals surface area contributed by atoms with Crippen molar-refractivity contribution in [2.75, 3.05) is 11.9 Å². The summed E-state index contributed by atoms with van der Waals surface area (Å²) >= 11 is 23.4. The summed E-state index contributed by atoms with van der Waals surface area (Å²) in [5.74, 6) is 0. The second-order valence-electron chi connectivity index (χ2n) is 6.61. The van der Waals surface area contributed by atoms with Gasteiger partial charge in [-0.1, -0.05) is 40.9 Å². The third-order valence-corrected chi connectivity index (χ3v) is 5.57. The van der Waals surface area contributed by atoms with Gasteiger partial charge in [-0.15, -0.1) is 0 Å². The van der Waals surface area contributed by atoms with E-state index in [2.05, 4.69) is 20.8 Å². The number of nitrogens with one attached hydrogen (secondary N) is 2. The number of hydrogen-bond donors (Lipinski definition) is 2. The summed E-state index contributed by atoms with van der Waals surface area (Å²) in [6.07, 6.45) is 4.30. The highest BCUT2D eigenvalue weighted by Gasteiger charge is 2.13. The zero-order chi connectivity index (χ0) is 21.0. The molecule has 0 atom stereocenters. The van der Waals surface area contributed by atoms with E-state index in [0.29, 0.717) is 26.7 Å². The summed E-state index contributed by atoms with van der Waals surface area (Å²) in [5.41, 5.74) is 3.79.